The minimum Gasteiger partial charge on any atom is -0.426 e. The van der Waals surface area contributed by atoms with E-state index in [1.165, 1.54) is 116 Å². The first-order chi connectivity index (χ1) is 21.3. The van der Waals surface area contributed by atoms with Gasteiger partial charge in [-0.3, -0.25) is 0 Å². The summed E-state index contributed by atoms with van der Waals surface area (Å²) in [6, 6.07) is 6.12. The number of unbranched alkanes of at least 4 members (excludes halogenated alkanes) is 20. The Bertz CT molecular complexity index is 758. The molecular weight excluding hydrogens is 586 g/mol. The second kappa shape index (κ2) is 27.8. The Balaban J connectivity index is 2.41. The van der Waals surface area contributed by atoms with Gasteiger partial charge in [0.25, 0.3) is 0 Å². The highest BCUT2D eigenvalue weighted by Gasteiger charge is 2.25. The SMILES string of the molecule is CCCCCCCCCCCCCOP(OCCCCCCCCCCCCC)OP(O)Oc1cc(C)ccc1C(C)(C)C. The van der Waals surface area contributed by atoms with Crippen molar-refractivity contribution in [2.45, 2.75) is 188 Å². The second-order valence-electron chi connectivity index (χ2n) is 13.6. The van der Waals surface area contributed by atoms with E-state index in [4.69, 9.17) is 17.9 Å². The fraction of sp³-hybridized carbons (Fsp3) is 0.838. The Morgan fingerprint density at radius 2 is 0.977 bits per heavy atom. The molecule has 0 aliphatic carbocycles. The maximum absolute atomic E-state index is 10.8. The van der Waals surface area contributed by atoms with Crippen molar-refractivity contribution in [3.63, 3.8) is 0 Å². The third-order valence-electron chi connectivity index (χ3n) is 8.15. The third kappa shape index (κ3) is 23.1. The molecule has 0 radical (unpaired) electrons. The van der Waals surface area contributed by atoms with Crippen LogP contribution in [0.15, 0.2) is 18.2 Å². The van der Waals surface area contributed by atoms with Gasteiger partial charge in [-0.1, -0.05) is 175 Å². The molecule has 1 atom stereocenters. The minimum absolute atomic E-state index is 0.110. The topological polar surface area (TPSA) is 57.2 Å². The van der Waals surface area contributed by atoms with Crippen molar-refractivity contribution in [2.75, 3.05) is 13.2 Å². The predicted molar refractivity (Wildman–Crippen MR) is 192 cm³/mol. The summed E-state index contributed by atoms with van der Waals surface area (Å²) >= 11 is 0. The fourth-order valence-corrected chi connectivity index (χ4v) is 7.29. The monoisotopic (exact) mass is 656 g/mol. The van der Waals surface area contributed by atoms with Gasteiger partial charge in [0, 0.05) is 5.56 Å². The quantitative estimate of drug-likeness (QED) is 0.0659. The zero-order chi connectivity index (χ0) is 32.3. The molecule has 1 unspecified atom stereocenters. The maximum atomic E-state index is 10.8. The van der Waals surface area contributed by atoms with Crippen LogP contribution in [0.25, 0.3) is 0 Å². The Hall–Kier alpha value is -0.280. The largest absolute Gasteiger partial charge is 0.426 e. The number of benzene rings is 1. The van der Waals surface area contributed by atoms with Crippen LogP contribution < -0.4 is 4.52 Å². The Kier molecular flexibility index (Phi) is 26.4. The van der Waals surface area contributed by atoms with E-state index in [1.807, 2.05) is 13.0 Å². The number of hydrogen-bond donors (Lipinski definition) is 1. The lowest BCUT2D eigenvalue weighted by atomic mass is 9.86. The van der Waals surface area contributed by atoms with E-state index in [9.17, 15) is 4.89 Å². The van der Waals surface area contributed by atoms with Gasteiger partial charge in [0.15, 0.2) is 0 Å². The molecule has 0 heterocycles. The molecule has 44 heavy (non-hydrogen) atoms. The molecule has 0 fully saturated rings. The van der Waals surface area contributed by atoms with Crippen LogP contribution in [0.1, 0.15) is 187 Å². The van der Waals surface area contributed by atoms with Crippen molar-refractivity contribution in [1.82, 2.24) is 0 Å². The van der Waals surface area contributed by atoms with Crippen molar-refractivity contribution >= 4 is 17.2 Å². The van der Waals surface area contributed by atoms with Gasteiger partial charge in [0.1, 0.15) is 5.75 Å². The molecule has 5 nitrogen and oxygen atoms in total. The zero-order valence-electron chi connectivity index (χ0n) is 29.7. The third-order valence-corrected chi connectivity index (χ3v) is 10.4. The van der Waals surface area contributed by atoms with E-state index >= 15 is 0 Å². The Labute approximate surface area is 276 Å². The molecule has 7 heteroatoms. The first-order valence-electron chi connectivity index (χ1n) is 18.3. The van der Waals surface area contributed by atoms with Crippen LogP contribution in [0.3, 0.4) is 0 Å². The van der Waals surface area contributed by atoms with Crippen LogP contribution in [0, 0.1) is 6.92 Å². The van der Waals surface area contributed by atoms with Crippen molar-refractivity contribution in [1.29, 1.82) is 0 Å². The average Bonchev–Trinajstić information content (AvgIpc) is 2.97. The number of aryl methyl sites for hydroxylation is 1. The summed E-state index contributed by atoms with van der Waals surface area (Å²) in [6.45, 7) is 14.2. The van der Waals surface area contributed by atoms with Gasteiger partial charge in [0.2, 0.25) is 0 Å². The molecule has 258 valence electrons. The summed E-state index contributed by atoms with van der Waals surface area (Å²) < 4.78 is 23.9. The van der Waals surface area contributed by atoms with E-state index in [2.05, 4.69) is 46.8 Å². The van der Waals surface area contributed by atoms with Crippen LogP contribution in [0.4, 0.5) is 0 Å². The van der Waals surface area contributed by atoms with Crippen molar-refractivity contribution in [3.05, 3.63) is 29.3 Å². The van der Waals surface area contributed by atoms with E-state index in [0.29, 0.717) is 19.0 Å². The summed E-state index contributed by atoms with van der Waals surface area (Å²) in [5.41, 5.74) is 2.02. The number of rotatable bonds is 30. The van der Waals surface area contributed by atoms with Gasteiger partial charge in [-0.05, 0) is 36.8 Å². The highest BCUT2D eigenvalue weighted by atomic mass is 31.2. The second-order valence-corrected chi connectivity index (χ2v) is 15.9. The molecular formula is C37H70O5P2. The highest BCUT2D eigenvalue weighted by Crippen LogP contribution is 2.54. The molecule has 1 aromatic carbocycles. The van der Waals surface area contributed by atoms with Crippen LogP contribution >= 0.6 is 17.2 Å². The fourth-order valence-electron chi connectivity index (χ4n) is 5.38. The van der Waals surface area contributed by atoms with Gasteiger partial charge in [0.05, 0.1) is 13.2 Å². The lowest BCUT2D eigenvalue weighted by molar-refractivity contribution is 0.192. The zero-order valence-corrected chi connectivity index (χ0v) is 31.5. The van der Waals surface area contributed by atoms with E-state index < -0.39 is 17.2 Å². The molecule has 0 amide bonds. The normalized spacial score (nSPS) is 12.7. The van der Waals surface area contributed by atoms with Crippen molar-refractivity contribution in [3.8, 4) is 5.75 Å². The Morgan fingerprint density at radius 1 is 0.591 bits per heavy atom. The van der Waals surface area contributed by atoms with E-state index in [1.54, 1.807) is 0 Å². The van der Waals surface area contributed by atoms with E-state index in [0.717, 1.165) is 36.8 Å². The lowest BCUT2D eigenvalue weighted by Crippen LogP contribution is -2.12. The summed E-state index contributed by atoms with van der Waals surface area (Å²) in [4.78, 5) is 10.8. The Morgan fingerprint density at radius 3 is 1.36 bits per heavy atom. The van der Waals surface area contributed by atoms with Gasteiger partial charge >= 0.3 is 17.2 Å². The summed E-state index contributed by atoms with van der Waals surface area (Å²) in [7, 11) is -3.84. The highest BCUT2D eigenvalue weighted by molar-refractivity contribution is 7.55. The van der Waals surface area contributed by atoms with Gasteiger partial charge < -0.3 is 18.5 Å². The van der Waals surface area contributed by atoms with Crippen molar-refractivity contribution in [2.24, 2.45) is 0 Å². The molecule has 1 N–H and O–H groups in total. The molecule has 0 saturated carbocycles. The predicted octanol–water partition coefficient (Wildman–Crippen LogP) is 13.8. The summed E-state index contributed by atoms with van der Waals surface area (Å²) in [6.07, 6.45) is 28.5. The molecule has 0 aliphatic rings. The molecule has 0 saturated heterocycles. The average molecular weight is 657 g/mol. The molecule has 0 spiro atoms. The minimum atomic E-state index is -2.17. The summed E-state index contributed by atoms with van der Waals surface area (Å²) in [5.74, 6) is 0.664. The molecule has 0 bridgehead atoms. The summed E-state index contributed by atoms with van der Waals surface area (Å²) in [5, 5.41) is 0. The van der Waals surface area contributed by atoms with Crippen LogP contribution in [0.5, 0.6) is 5.75 Å². The smallest absolute Gasteiger partial charge is 0.401 e. The lowest BCUT2D eigenvalue weighted by Gasteiger charge is -2.25. The van der Waals surface area contributed by atoms with Crippen LogP contribution in [0.2, 0.25) is 0 Å². The van der Waals surface area contributed by atoms with Gasteiger partial charge in [-0.25, -0.2) is 4.31 Å². The molecule has 1 rings (SSSR count). The van der Waals surface area contributed by atoms with Gasteiger partial charge in [-0.15, -0.1) is 0 Å². The van der Waals surface area contributed by atoms with Crippen molar-refractivity contribution < 1.29 is 22.8 Å². The van der Waals surface area contributed by atoms with Gasteiger partial charge in [-0.2, -0.15) is 0 Å². The van der Waals surface area contributed by atoms with Crippen LogP contribution in [-0.4, -0.2) is 18.1 Å². The maximum Gasteiger partial charge on any atom is 0.401 e. The standard InChI is InChI=1S/C37H70O5P2/c1-7-9-11-13-15-17-19-21-23-25-27-31-39-44(40-32-28-26-24-22-20-18-16-14-12-10-8-2)42-43(38)41-36-33-34(3)29-30-35(36)37(4,5)6/h29-30,33,38H,7-28,31-32H2,1-6H3. The first-order valence-corrected chi connectivity index (χ1v) is 20.5. The molecule has 0 aliphatic heterocycles. The van der Waals surface area contributed by atoms with E-state index in [-0.39, 0.29) is 5.41 Å². The first kappa shape index (κ1) is 41.7. The van der Waals surface area contributed by atoms with Crippen LogP contribution in [-0.2, 0) is 18.8 Å². The number of hydrogen-bond acceptors (Lipinski definition) is 5. The molecule has 0 aromatic heterocycles. The molecule has 1 aromatic rings.